The molecule has 2 nitrogen and oxygen atoms in total. The summed E-state index contributed by atoms with van der Waals surface area (Å²) in [4.78, 5) is 2.54. The van der Waals surface area contributed by atoms with Crippen LogP contribution in [0.2, 0.25) is 0 Å². The lowest BCUT2D eigenvalue weighted by Crippen LogP contribution is -2.44. The van der Waals surface area contributed by atoms with Crippen molar-refractivity contribution in [3.8, 4) is 0 Å². The van der Waals surface area contributed by atoms with Gasteiger partial charge in [-0.05, 0) is 50.8 Å². The number of nitrogens with zero attached hydrogens (tertiary/aromatic N) is 1. The molecule has 0 spiro atoms. The molecule has 2 rings (SSSR count). The SMILES string of the molecule is CCC1CCC(CN)C(N(C)Cc2cccc(C)c2)C1. The average molecular weight is 274 g/mol. The summed E-state index contributed by atoms with van der Waals surface area (Å²) >= 11 is 0. The molecule has 0 radical (unpaired) electrons. The van der Waals surface area contributed by atoms with Crippen LogP contribution >= 0.6 is 0 Å². The molecule has 0 aliphatic heterocycles. The predicted molar refractivity (Wildman–Crippen MR) is 86.6 cm³/mol. The number of aryl methyl sites for hydroxylation is 1. The summed E-state index contributed by atoms with van der Waals surface area (Å²) in [7, 11) is 2.27. The number of rotatable bonds is 5. The van der Waals surface area contributed by atoms with Gasteiger partial charge in [0.25, 0.3) is 0 Å². The highest BCUT2D eigenvalue weighted by Crippen LogP contribution is 2.33. The molecule has 1 aromatic rings. The van der Waals surface area contributed by atoms with Crippen LogP contribution in [0.4, 0.5) is 0 Å². The first-order chi connectivity index (χ1) is 9.63. The molecule has 3 unspecified atom stereocenters. The van der Waals surface area contributed by atoms with Gasteiger partial charge in [0, 0.05) is 12.6 Å². The van der Waals surface area contributed by atoms with Crippen LogP contribution in [0, 0.1) is 18.8 Å². The zero-order valence-corrected chi connectivity index (χ0v) is 13.3. The van der Waals surface area contributed by atoms with Crippen LogP contribution in [-0.2, 0) is 6.54 Å². The van der Waals surface area contributed by atoms with Crippen LogP contribution in [0.5, 0.6) is 0 Å². The average Bonchev–Trinajstić information content (AvgIpc) is 2.46. The lowest BCUT2D eigenvalue weighted by molar-refractivity contribution is 0.0965. The monoisotopic (exact) mass is 274 g/mol. The molecule has 112 valence electrons. The van der Waals surface area contributed by atoms with Crippen LogP contribution < -0.4 is 5.73 Å². The van der Waals surface area contributed by atoms with E-state index in [-0.39, 0.29) is 0 Å². The molecule has 0 heterocycles. The van der Waals surface area contributed by atoms with Crippen LogP contribution in [0.1, 0.15) is 43.7 Å². The van der Waals surface area contributed by atoms with Crippen molar-refractivity contribution in [3.63, 3.8) is 0 Å². The fraction of sp³-hybridized carbons (Fsp3) is 0.667. The van der Waals surface area contributed by atoms with Crippen LogP contribution in [0.15, 0.2) is 24.3 Å². The third kappa shape index (κ3) is 3.83. The van der Waals surface area contributed by atoms with Gasteiger partial charge in [-0.15, -0.1) is 0 Å². The van der Waals surface area contributed by atoms with Crippen LogP contribution in [0.25, 0.3) is 0 Å². The first-order valence-corrected chi connectivity index (χ1v) is 8.09. The second kappa shape index (κ2) is 7.24. The maximum absolute atomic E-state index is 6.01. The Morgan fingerprint density at radius 2 is 2.10 bits per heavy atom. The van der Waals surface area contributed by atoms with Crippen molar-refractivity contribution in [1.29, 1.82) is 0 Å². The van der Waals surface area contributed by atoms with E-state index in [1.165, 1.54) is 36.8 Å². The first kappa shape index (κ1) is 15.5. The number of hydrogen-bond donors (Lipinski definition) is 1. The minimum Gasteiger partial charge on any atom is -0.330 e. The molecule has 0 amide bonds. The Balaban J connectivity index is 2.03. The number of nitrogens with two attached hydrogens (primary N) is 1. The van der Waals surface area contributed by atoms with E-state index in [2.05, 4.69) is 50.1 Å². The smallest absolute Gasteiger partial charge is 0.0233 e. The van der Waals surface area contributed by atoms with Crippen molar-refractivity contribution in [2.75, 3.05) is 13.6 Å². The summed E-state index contributed by atoms with van der Waals surface area (Å²) in [6.07, 6.45) is 5.30. The lowest BCUT2D eigenvalue weighted by Gasteiger charge is -2.41. The fourth-order valence-corrected chi connectivity index (χ4v) is 3.70. The normalized spacial score (nSPS) is 26.9. The molecular formula is C18H30N2. The van der Waals surface area contributed by atoms with Gasteiger partial charge in [-0.2, -0.15) is 0 Å². The largest absolute Gasteiger partial charge is 0.330 e. The van der Waals surface area contributed by atoms with E-state index < -0.39 is 0 Å². The molecule has 1 aliphatic rings. The molecule has 1 aromatic carbocycles. The van der Waals surface area contributed by atoms with E-state index in [0.717, 1.165) is 19.0 Å². The third-order valence-corrected chi connectivity index (χ3v) is 5.03. The van der Waals surface area contributed by atoms with Crippen molar-refractivity contribution >= 4 is 0 Å². The lowest BCUT2D eigenvalue weighted by atomic mass is 9.76. The summed E-state index contributed by atoms with van der Waals surface area (Å²) in [6, 6.07) is 9.52. The van der Waals surface area contributed by atoms with Crippen LogP contribution in [0.3, 0.4) is 0 Å². The minimum absolute atomic E-state index is 0.652. The zero-order valence-electron chi connectivity index (χ0n) is 13.3. The van der Waals surface area contributed by atoms with Crippen molar-refractivity contribution in [3.05, 3.63) is 35.4 Å². The van der Waals surface area contributed by atoms with E-state index in [1.807, 2.05) is 0 Å². The van der Waals surface area contributed by atoms with Crippen molar-refractivity contribution in [1.82, 2.24) is 4.90 Å². The molecule has 1 saturated carbocycles. The zero-order chi connectivity index (χ0) is 14.5. The van der Waals surface area contributed by atoms with Gasteiger partial charge in [0.2, 0.25) is 0 Å². The second-order valence-electron chi connectivity index (χ2n) is 6.55. The van der Waals surface area contributed by atoms with Crippen molar-refractivity contribution in [2.24, 2.45) is 17.6 Å². The van der Waals surface area contributed by atoms with E-state index in [0.29, 0.717) is 12.0 Å². The Bertz CT molecular complexity index is 416. The van der Waals surface area contributed by atoms with Crippen LogP contribution in [-0.4, -0.2) is 24.5 Å². The highest BCUT2D eigenvalue weighted by atomic mass is 15.1. The fourth-order valence-electron chi connectivity index (χ4n) is 3.70. The summed E-state index contributed by atoms with van der Waals surface area (Å²) in [5.41, 5.74) is 8.78. The first-order valence-electron chi connectivity index (χ1n) is 8.09. The maximum Gasteiger partial charge on any atom is 0.0233 e. The summed E-state index contributed by atoms with van der Waals surface area (Å²) in [5, 5.41) is 0. The Morgan fingerprint density at radius 1 is 1.30 bits per heavy atom. The number of hydrogen-bond acceptors (Lipinski definition) is 2. The van der Waals surface area contributed by atoms with Gasteiger partial charge in [0.05, 0.1) is 0 Å². The van der Waals surface area contributed by atoms with Gasteiger partial charge in [0.15, 0.2) is 0 Å². The highest BCUT2D eigenvalue weighted by molar-refractivity contribution is 5.22. The Morgan fingerprint density at radius 3 is 2.75 bits per heavy atom. The Labute approximate surface area is 124 Å². The molecule has 0 aromatic heterocycles. The van der Waals surface area contributed by atoms with Gasteiger partial charge < -0.3 is 5.73 Å². The minimum atomic E-state index is 0.652. The van der Waals surface area contributed by atoms with Crippen molar-refractivity contribution < 1.29 is 0 Å². The third-order valence-electron chi connectivity index (χ3n) is 5.03. The quantitative estimate of drug-likeness (QED) is 0.889. The molecule has 1 aliphatic carbocycles. The van der Waals surface area contributed by atoms with Gasteiger partial charge in [0.1, 0.15) is 0 Å². The predicted octanol–water partition coefficient (Wildman–Crippen LogP) is 3.58. The second-order valence-corrected chi connectivity index (χ2v) is 6.55. The highest BCUT2D eigenvalue weighted by Gasteiger charge is 2.31. The standard InChI is InChI=1S/C18H30N2/c1-4-15-8-9-17(12-19)18(11-15)20(3)13-16-7-5-6-14(2)10-16/h5-7,10,15,17-18H,4,8-9,11-13,19H2,1-3H3. The van der Waals surface area contributed by atoms with E-state index in [9.17, 15) is 0 Å². The van der Waals surface area contributed by atoms with E-state index in [4.69, 9.17) is 5.73 Å². The molecule has 0 saturated heterocycles. The topological polar surface area (TPSA) is 29.3 Å². The molecule has 1 fully saturated rings. The summed E-state index contributed by atoms with van der Waals surface area (Å²) in [6.45, 7) is 6.36. The van der Waals surface area contributed by atoms with Gasteiger partial charge in [-0.1, -0.05) is 49.6 Å². The molecule has 2 heteroatoms. The van der Waals surface area contributed by atoms with E-state index in [1.54, 1.807) is 0 Å². The molecule has 0 bridgehead atoms. The number of benzene rings is 1. The van der Waals surface area contributed by atoms with Crippen molar-refractivity contribution in [2.45, 2.75) is 52.1 Å². The van der Waals surface area contributed by atoms with Gasteiger partial charge in [-0.3, -0.25) is 4.90 Å². The Hall–Kier alpha value is -0.860. The molecular weight excluding hydrogens is 244 g/mol. The van der Waals surface area contributed by atoms with Gasteiger partial charge in [-0.25, -0.2) is 0 Å². The molecule has 2 N–H and O–H groups in total. The summed E-state index contributed by atoms with van der Waals surface area (Å²) < 4.78 is 0. The van der Waals surface area contributed by atoms with Gasteiger partial charge >= 0.3 is 0 Å². The Kier molecular flexibility index (Phi) is 5.62. The van der Waals surface area contributed by atoms with E-state index >= 15 is 0 Å². The maximum atomic E-state index is 6.01. The molecule has 3 atom stereocenters. The molecule has 20 heavy (non-hydrogen) atoms. The summed E-state index contributed by atoms with van der Waals surface area (Å²) in [5.74, 6) is 1.57.